The number of anilines is 1. The summed E-state index contributed by atoms with van der Waals surface area (Å²) in [5.41, 5.74) is 0. The summed E-state index contributed by atoms with van der Waals surface area (Å²) in [6, 6.07) is 3.13. The van der Waals surface area contributed by atoms with Crippen molar-refractivity contribution in [1.29, 1.82) is 0 Å². The topological polar surface area (TPSA) is 76.6 Å². The molecule has 110 valence electrons. The van der Waals surface area contributed by atoms with E-state index in [0.29, 0.717) is 18.9 Å². The van der Waals surface area contributed by atoms with Crippen LogP contribution in [0.1, 0.15) is 6.92 Å². The summed E-state index contributed by atoms with van der Waals surface area (Å²) < 4.78 is 28.4. The van der Waals surface area contributed by atoms with Crippen LogP contribution in [0.25, 0.3) is 0 Å². The largest absolute Gasteiger partial charge is 0.469 e. The van der Waals surface area contributed by atoms with Gasteiger partial charge in [0.25, 0.3) is 0 Å². The normalized spacial score (nSPS) is 22.9. The Morgan fingerprint density at radius 1 is 1.45 bits per heavy atom. The van der Waals surface area contributed by atoms with Crippen LogP contribution in [-0.2, 0) is 19.4 Å². The molecule has 1 fully saturated rings. The number of rotatable bonds is 3. The minimum Gasteiger partial charge on any atom is -0.469 e. The zero-order valence-electron chi connectivity index (χ0n) is 11.7. The Bertz CT molecular complexity index is 615. The van der Waals surface area contributed by atoms with E-state index >= 15 is 0 Å². The molecular formula is C13H18N2O4S. The second kappa shape index (κ2) is 5.40. The van der Waals surface area contributed by atoms with Crippen molar-refractivity contribution in [3.05, 3.63) is 18.3 Å². The van der Waals surface area contributed by atoms with Crippen molar-refractivity contribution in [1.82, 2.24) is 4.98 Å². The molecule has 1 aromatic rings. The second-order valence-electron chi connectivity index (χ2n) is 5.11. The highest BCUT2D eigenvalue weighted by Crippen LogP contribution is 2.31. The highest BCUT2D eigenvalue weighted by atomic mass is 32.2. The molecule has 2 atom stereocenters. The number of carbonyl (C=O) groups excluding carboxylic acids is 1. The average Bonchev–Trinajstić information content (AvgIpc) is 2.79. The monoisotopic (exact) mass is 298 g/mol. The van der Waals surface area contributed by atoms with Crippen LogP contribution >= 0.6 is 0 Å². The van der Waals surface area contributed by atoms with Gasteiger partial charge < -0.3 is 9.64 Å². The van der Waals surface area contributed by atoms with Crippen molar-refractivity contribution in [3.63, 3.8) is 0 Å². The fourth-order valence-electron chi connectivity index (χ4n) is 2.51. The maximum atomic E-state index is 11.8. The summed E-state index contributed by atoms with van der Waals surface area (Å²) in [5, 5.41) is 0. The number of hydrogen-bond donors (Lipinski definition) is 0. The van der Waals surface area contributed by atoms with Crippen molar-refractivity contribution in [2.45, 2.75) is 11.8 Å². The molecule has 0 radical (unpaired) electrons. The first-order valence-electron chi connectivity index (χ1n) is 6.32. The lowest BCUT2D eigenvalue weighted by Gasteiger charge is -2.19. The van der Waals surface area contributed by atoms with E-state index in [1.807, 2.05) is 11.8 Å². The van der Waals surface area contributed by atoms with Crippen LogP contribution in [0, 0.1) is 11.8 Å². The number of methoxy groups -OCH3 is 1. The molecule has 1 saturated heterocycles. The van der Waals surface area contributed by atoms with E-state index < -0.39 is 9.84 Å². The molecule has 6 nitrogen and oxygen atoms in total. The van der Waals surface area contributed by atoms with E-state index in [0.717, 1.165) is 6.26 Å². The summed E-state index contributed by atoms with van der Waals surface area (Å²) in [6.07, 6.45) is 2.71. The predicted octanol–water partition coefficient (Wildman–Crippen LogP) is 0.730. The van der Waals surface area contributed by atoms with E-state index in [1.54, 1.807) is 12.3 Å². The van der Waals surface area contributed by atoms with E-state index in [9.17, 15) is 13.2 Å². The van der Waals surface area contributed by atoms with Gasteiger partial charge in [0, 0.05) is 25.5 Å². The Morgan fingerprint density at radius 2 is 2.15 bits per heavy atom. The Hall–Kier alpha value is -1.63. The molecule has 0 N–H and O–H groups in total. The van der Waals surface area contributed by atoms with Crippen LogP contribution in [-0.4, -0.2) is 45.8 Å². The molecule has 0 saturated carbocycles. The Morgan fingerprint density at radius 3 is 2.75 bits per heavy atom. The maximum absolute atomic E-state index is 11.8. The number of esters is 1. The fourth-order valence-corrected chi connectivity index (χ4v) is 3.35. The van der Waals surface area contributed by atoms with Gasteiger partial charge in [-0.15, -0.1) is 0 Å². The molecule has 1 aliphatic rings. The highest BCUT2D eigenvalue weighted by molar-refractivity contribution is 7.90. The van der Waals surface area contributed by atoms with Gasteiger partial charge >= 0.3 is 5.97 Å². The van der Waals surface area contributed by atoms with Gasteiger partial charge in [-0.05, 0) is 18.1 Å². The third kappa shape index (κ3) is 2.77. The van der Waals surface area contributed by atoms with Gasteiger partial charge in [0.05, 0.1) is 13.0 Å². The number of ether oxygens (including phenoxy) is 1. The van der Waals surface area contributed by atoms with Gasteiger partial charge in [-0.3, -0.25) is 4.79 Å². The van der Waals surface area contributed by atoms with Crippen LogP contribution in [0.3, 0.4) is 0 Å². The molecule has 2 heterocycles. The van der Waals surface area contributed by atoms with Crippen molar-refractivity contribution in [3.8, 4) is 0 Å². The van der Waals surface area contributed by atoms with Gasteiger partial charge in [-0.2, -0.15) is 0 Å². The quantitative estimate of drug-likeness (QED) is 0.766. The second-order valence-corrected chi connectivity index (χ2v) is 7.09. The molecule has 1 aromatic heterocycles. The van der Waals surface area contributed by atoms with E-state index in [1.165, 1.54) is 13.2 Å². The lowest BCUT2D eigenvalue weighted by molar-refractivity contribution is -0.145. The fraction of sp³-hybridized carbons (Fsp3) is 0.538. The number of aromatic nitrogens is 1. The first kappa shape index (κ1) is 14.8. The maximum Gasteiger partial charge on any atom is 0.310 e. The van der Waals surface area contributed by atoms with E-state index in [4.69, 9.17) is 4.74 Å². The third-order valence-corrected chi connectivity index (χ3v) is 4.68. The highest BCUT2D eigenvalue weighted by Gasteiger charge is 2.37. The van der Waals surface area contributed by atoms with Crippen LogP contribution in [0.4, 0.5) is 5.82 Å². The zero-order valence-corrected chi connectivity index (χ0v) is 12.6. The number of carbonyl (C=O) groups is 1. The van der Waals surface area contributed by atoms with Gasteiger partial charge in [0.1, 0.15) is 10.7 Å². The van der Waals surface area contributed by atoms with E-state index in [2.05, 4.69) is 4.98 Å². The minimum atomic E-state index is -3.35. The molecule has 2 rings (SSSR count). The Balaban J connectivity index is 2.33. The third-order valence-electron chi connectivity index (χ3n) is 3.57. The zero-order chi connectivity index (χ0) is 14.9. The Kier molecular flexibility index (Phi) is 3.99. The number of pyridine rings is 1. The molecule has 0 spiro atoms. The van der Waals surface area contributed by atoms with Crippen LogP contribution in [0.15, 0.2) is 23.2 Å². The van der Waals surface area contributed by atoms with Crippen LogP contribution < -0.4 is 4.90 Å². The smallest absolute Gasteiger partial charge is 0.310 e. The summed E-state index contributed by atoms with van der Waals surface area (Å²) >= 11 is 0. The molecule has 0 bridgehead atoms. The molecule has 0 aromatic carbocycles. The summed E-state index contributed by atoms with van der Waals surface area (Å²) in [6.45, 7) is 2.96. The van der Waals surface area contributed by atoms with Gasteiger partial charge in [0.2, 0.25) is 0 Å². The summed E-state index contributed by atoms with van der Waals surface area (Å²) in [5.74, 6) is -0.0172. The van der Waals surface area contributed by atoms with Crippen molar-refractivity contribution in [2.24, 2.45) is 11.8 Å². The molecule has 2 unspecified atom stereocenters. The average molecular weight is 298 g/mol. The van der Waals surface area contributed by atoms with Crippen LogP contribution in [0.2, 0.25) is 0 Å². The van der Waals surface area contributed by atoms with Crippen molar-refractivity contribution >= 4 is 21.6 Å². The lowest BCUT2D eigenvalue weighted by atomic mass is 9.99. The molecule has 20 heavy (non-hydrogen) atoms. The van der Waals surface area contributed by atoms with Crippen LogP contribution in [0.5, 0.6) is 0 Å². The minimum absolute atomic E-state index is 0.0943. The summed E-state index contributed by atoms with van der Waals surface area (Å²) in [7, 11) is -1.99. The van der Waals surface area contributed by atoms with Crippen molar-refractivity contribution in [2.75, 3.05) is 31.4 Å². The molecule has 1 aliphatic heterocycles. The van der Waals surface area contributed by atoms with Gasteiger partial charge in [-0.1, -0.05) is 6.92 Å². The first-order valence-corrected chi connectivity index (χ1v) is 8.21. The van der Waals surface area contributed by atoms with E-state index in [-0.39, 0.29) is 22.7 Å². The SMILES string of the molecule is COC(=O)C1CN(c2ncccc2S(C)(=O)=O)CC1C. The Labute approximate surface area is 118 Å². The molecule has 7 heteroatoms. The summed E-state index contributed by atoms with van der Waals surface area (Å²) in [4.78, 5) is 17.9. The van der Waals surface area contributed by atoms with Gasteiger partial charge in [0.15, 0.2) is 9.84 Å². The first-order chi connectivity index (χ1) is 9.34. The number of hydrogen-bond acceptors (Lipinski definition) is 6. The number of nitrogens with zero attached hydrogens (tertiary/aromatic N) is 2. The number of sulfone groups is 1. The lowest BCUT2D eigenvalue weighted by Crippen LogP contribution is -2.26. The molecule has 0 amide bonds. The predicted molar refractivity (Wildman–Crippen MR) is 74.2 cm³/mol. The van der Waals surface area contributed by atoms with Gasteiger partial charge in [-0.25, -0.2) is 13.4 Å². The molecular weight excluding hydrogens is 280 g/mol. The molecule has 0 aliphatic carbocycles. The van der Waals surface area contributed by atoms with Crippen molar-refractivity contribution < 1.29 is 17.9 Å². The standard InChI is InChI=1S/C13H18N2O4S/c1-9-7-15(8-10(9)13(16)19-2)12-11(20(3,17)18)5-4-6-14-12/h4-6,9-10H,7-8H2,1-3H3.